The molecule has 0 amide bonds. The second kappa shape index (κ2) is 7.00. The van der Waals surface area contributed by atoms with E-state index < -0.39 is 10.8 Å². The Morgan fingerprint density at radius 3 is 2.89 bits per heavy atom. The van der Waals surface area contributed by atoms with Gasteiger partial charge in [-0.15, -0.1) is 0 Å². The van der Waals surface area contributed by atoms with Gasteiger partial charge in [-0.25, -0.2) is 0 Å². The second-order valence-corrected chi connectivity index (χ2v) is 7.96. The minimum Gasteiger partial charge on any atom is -0.313 e. The molecule has 1 aromatic carbocycles. The molecule has 1 saturated carbocycles. The Morgan fingerprint density at radius 2 is 2.21 bits per heavy atom. The fourth-order valence-corrected chi connectivity index (χ4v) is 5.22. The predicted octanol–water partition coefficient (Wildman–Crippen LogP) is 3.72. The topological polar surface area (TPSA) is 29.1 Å². The molecule has 4 unspecified atom stereocenters. The summed E-state index contributed by atoms with van der Waals surface area (Å²) >= 11 is 3.46. The van der Waals surface area contributed by atoms with Crippen LogP contribution in [0.25, 0.3) is 0 Å². The molecule has 0 saturated heterocycles. The van der Waals surface area contributed by atoms with Gasteiger partial charge in [-0.1, -0.05) is 35.8 Å². The van der Waals surface area contributed by atoms with Crippen molar-refractivity contribution in [3.8, 4) is 0 Å². The fraction of sp³-hybridized carbons (Fsp3) is 0.600. The molecule has 2 nitrogen and oxygen atoms in total. The maximum Gasteiger partial charge on any atom is 0.0577 e. The number of nitrogens with one attached hydrogen (secondary N) is 1. The highest BCUT2D eigenvalue weighted by atomic mass is 79.9. The Hall–Kier alpha value is -0.190. The molecular formula is C15H22BrNOS. The monoisotopic (exact) mass is 343 g/mol. The normalized spacial score (nSPS) is 29.1. The lowest BCUT2D eigenvalue weighted by atomic mass is 9.87. The van der Waals surface area contributed by atoms with Gasteiger partial charge in [-0.3, -0.25) is 4.21 Å². The number of benzene rings is 1. The summed E-state index contributed by atoms with van der Waals surface area (Å²) in [4.78, 5) is 0.941. The van der Waals surface area contributed by atoms with Crippen LogP contribution < -0.4 is 5.32 Å². The smallest absolute Gasteiger partial charge is 0.0577 e. The standard InChI is InChI=1S/C15H22BrNOS/c1-3-17-14-8-7-11(2)9-15(14)19(18)13-6-4-5-12(16)10-13/h4-6,10-11,14-15,17H,3,7-9H2,1-2H3. The third-order valence-corrected chi connectivity index (χ3v) is 6.11. The third kappa shape index (κ3) is 3.89. The highest BCUT2D eigenvalue weighted by Gasteiger charge is 2.32. The van der Waals surface area contributed by atoms with Gasteiger partial charge in [0.1, 0.15) is 0 Å². The van der Waals surface area contributed by atoms with E-state index in [2.05, 4.69) is 35.1 Å². The lowest BCUT2D eigenvalue weighted by molar-refractivity contribution is 0.316. The van der Waals surface area contributed by atoms with Gasteiger partial charge in [-0.2, -0.15) is 0 Å². The van der Waals surface area contributed by atoms with Crippen LogP contribution in [0.1, 0.15) is 33.1 Å². The Balaban J connectivity index is 2.18. The van der Waals surface area contributed by atoms with Gasteiger partial charge in [0.15, 0.2) is 0 Å². The van der Waals surface area contributed by atoms with Crippen molar-refractivity contribution in [3.63, 3.8) is 0 Å². The van der Waals surface area contributed by atoms with Crippen LogP contribution in [0.4, 0.5) is 0 Å². The molecule has 1 aromatic rings. The van der Waals surface area contributed by atoms with Crippen LogP contribution >= 0.6 is 15.9 Å². The van der Waals surface area contributed by atoms with Gasteiger partial charge in [-0.05, 0) is 49.9 Å². The summed E-state index contributed by atoms with van der Waals surface area (Å²) in [6, 6.07) is 8.29. The van der Waals surface area contributed by atoms with E-state index in [-0.39, 0.29) is 5.25 Å². The first-order chi connectivity index (χ1) is 9.11. The van der Waals surface area contributed by atoms with Crippen molar-refractivity contribution in [3.05, 3.63) is 28.7 Å². The van der Waals surface area contributed by atoms with Gasteiger partial charge < -0.3 is 5.32 Å². The maximum atomic E-state index is 12.8. The van der Waals surface area contributed by atoms with E-state index in [0.717, 1.165) is 28.8 Å². The zero-order chi connectivity index (χ0) is 13.8. The quantitative estimate of drug-likeness (QED) is 0.902. The first-order valence-corrected chi connectivity index (χ1v) is 9.02. The van der Waals surface area contributed by atoms with E-state index in [9.17, 15) is 4.21 Å². The fourth-order valence-electron chi connectivity index (χ4n) is 2.83. The average Bonchev–Trinajstić information content (AvgIpc) is 2.40. The molecule has 0 aromatic heterocycles. The number of hydrogen-bond acceptors (Lipinski definition) is 2. The molecule has 4 atom stereocenters. The summed E-state index contributed by atoms with van der Waals surface area (Å²) in [7, 11) is -0.925. The van der Waals surface area contributed by atoms with Gasteiger partial charge in [0, 0.05) is 15.4 Å². The third-order valence-electron chi connectivity index (χ3n) is 3.82. The average molecular weight is 344 g/mol. The zero-order valence-electron chi connectivity index (χ0n) is 11.6. The van der Waals surface area contributed by atoms with Crippen molar-refractivity contribution >= 4 is 26.7 Å². The van der Waals surface area contributed by atoms with Crippen LogP contribution in [0.3, 0.4) is 0 Å². The molecule has 0 heterocycles. The SMILES string of the molecule is CCNC1CCC(C)CC1S(=O)c1cccc(Br)c1. The molecule has 0 aliphatic heterocycles. The molecule has 106 valence electrons. The highest BCUT2D eigenvalue weighted by molar-refractivity contribution is 9.10. The van der Waals surface area contributed by atoms with Crippen LogP contribution in [0, 0.1) is 5.92 Å². The van der Waals surface area contributed by atoms with E-state index in [0.29, 0.717) is 12.0 Å². The van der Waals surface area contributed by atoms with Crippen LogP contribution in [0.5, 0.6) is 0 Å². The summed E-state index contributed by atoms with van der Waals surface area (Å²) in [6.07, 6.45) is 3.43. The van der Waals surface area contributed by atoms with Crippen molar-refractivity contribution in [2.24, 2.45) is 5.92 Å². The van der Waals surface area contributed by atoms with Gasteiger partial charge in [0.05, 0.1) is 16.0 Å². The molecule has 1 fully saturated rings. The Morgan fingerprint density at radius 1 is 1.42 bits per heavy atom. The maximum absolute atomic E-state index is 12.8. The van der Waals surface area contributed by atoms with Crippen LogP contribution in [0.2, 0.25) is 0 Å². The minimum absolute atomic E-state index is 0.234. The summed E-state index contributed by atoms with van der Waals surface area (Å²) in [5, 5.41) is 3.75. The van der Waals surface area contributed by atoms with Crippen molar-refractivity contribution in [2.75, 3.05) is 6.54 Å². The van der Waals surface area contributed by atoms with E-state index in [1.165, 1.54) is 6.42 Å². The van der Waals surface area contributed by atoms with Crippen LogP contribution in [-0.4, -0.2) is 22.0 Å². The molecule has 0 bridgehead atoms. The van der Waals surface area contributed by atoms with Gasteiger partial charge >= 0.3 is 0 Å². The van der Waals surface area contributed by atoms with E-state index >= 15 is 0 Å². The van der Waals surface area contributed by atoms with Crippen molar-refractivity contribution in [1.29, 1.82) is 0 Å². The second-order valence-electron chi connectivity index (χ2n) is 5.38. The van der Waals surface area contributed by atoms with E-state index in [4.69, 9.17) is 0 Å². The van der Waals surface area contributed by atoms with Crippen molar-refractivity contribution in [2.45, 2.75) is 49.3 Å². The van der Waals surface area contributed by atoms with Crippen molar-refractivity contribution < 1.29 is 4.21 Å². The number of hydrogen-bond donors (Lipinski definition) is 1. The zero-order valence-corrected chi connectivity index (χ0v) is 14.0. The predicted molar refractivity (Wildman–Crippen MR) is 84.8 cm³/mol. The van der Waals surface area contributed by atoms with Crippen LogP contribution in [-0.2, 0) is 10.8 Å². The molecule has 1 N–H and O–H groups in total. The Bertz CT molecular complexity index is 452. The Labute approximate surface area is 127 Å². The first kappa shape index (κ1) is 15.2. The molecule has 0 radical (unpaired) electrons. The lowest BCUT2D eigenvalue weighted by Crippen LogP contribution is -2.45. The molecule has 1 aliphatic carbocycles. The summed E-state index contributed by atoms with van der Waals surface area (Å²) in [5.74, 6) is 0.677. The molecular weight excluding hydrogens is 322 g/mol. The van der Waals surface area contributed by atoms with E-state index in [1.54, 1.807) is 0 Å². The van der Waals surface area contributed by atoms with E-state index in [1.807, 2.05) is 24.3 Å². The number of rotatable bonds is 4. The lowest BCUT2D eigenvalue weighted by Gasteiger charge is -2.34. The molecule has 2 rings (SSSR count). The van der Waals surface area contributed by atoms with Crippen molar-refractivity contribution in [1.82, 2.24) is 5.32 Å². The first-order valence-electron chi connectivity index (χ1n) is 7.01. The largest absolute Gasteiger partial charge is 0.313 e. The highest BCUT2D eigenvalue weighted by Crippen LogP contribution is 2.30. The van der Waals surface area contributed by atoms with Gasteiger partial charge in [0.2, 0.25) is 0 Å². The summed E-state index contributed by atoms with van der Waals surface area (Å²) < 4.78 is 13.8. The molecule has 1 aliphatic rings. The minimum atomic E-state index is -0.925. The molecule has 19 heavy (non-hydrogen) atoms. The van der Waals surface area contributed by atoms with Crippen LogP contribution in [0.15, 0.2) is 33.6 Å². The molecule has 4 heteroatoms. The number of halogens is 1. The summed E-state index contributed by atoms with van der Waals surface area (Å²) in [6.45, 7) is 5.34. The Kier molecular flexibility index (Phi) is 5.60. The molecule has 0 spiro atoms. The summed E-state index contributed by atoms with van der Waals surface area (Å²) in [5.41, 5.74) is 0. The van der Waals surface area contributed by atoms with Gasteiger partial charge in [0.25, 0.3) is 0 Å².